The number of carbonyl (C=O) groups excluding carboxylic acids is 9. The predicted octanol–water partition coefficient (Wildman–Crippen LogP) is 4.79. The van der Waals surface area contributed by atoms with Crippen LogP contribution in [0.1, 0.15) is 160 Å². The van der Waals surface area contributed by atoms with E-state index in [0.29, 0.717) is 100 Å². The molecular formula is C83H121N9O27. The first-order chi connectivity index (χ1) is 57.4. The maximum atomic E-state index is 14.6. The number of ketones is 2. The molecule has 36 heteroatoms. The fourth-order valence-electron chi connectivity index (χ4n) is 17.7. The number of benzene rings is 1. The molecule has 0 saturated carbocycles. The van der Waals surface area contributed by atoms with Crippen LogP contribution in [0.3, 0.4) is 0 Å². The molecule has 13 rings (SSSR count). The van der Waals surface area contributed by atoms with Crippen LogP contribution in [-0.2, 0) is 134 Å². The SMILES string of the molecule is C=C1C[C@@H]2CC[C@@]34C[C@H]5O[C@H]6[C@@H](O3)[C@H]3O[C@H](CC[C@@H]3O[C@H]6[C@H]5O4)CC(=O)C[C@@H]3[C@@H](OC)[C@@H](C[C@H](O)CNC(=O)OCc4ccc(NC(=O)[C@H](CCCNC(N)=O)CC(=O)[C@@H](NC(=O)CCOCCOCCOCCn5cc(COCCOCCOCCC(=O)ON6C(=O)CCC6=O)nn5)C(C)C)cc4)O[C@H]3C[C@H]3O[C@@H](CC[C@@H]1O2)C[C@@H](C)C3=C. The van der Waals surface area contributed by atoms with Gasteiger partial charge in [0, 0.05) is 102 Å². The van der Waals surface area contributed by atoms with E-state index in [1.165, 1.54) is 0 Å². The maximum absolute atomic E-state index is 14.6. The maximum Gasteiger partial charge on any atom is 0.407 e. The van der Waals surface area contributed by atoms with Crippen molar-refractivity contribution in [2.24, 2.45) is 29.4 Å². The Bertz CT molecular complexity index is 3740. The lowest BCUT2D eigenvalue weighted by molar-refractivity contribution is -0.292. The van der Waals surface area contributed by atoms with Crippen molar-refractivity contribution in [2.45, 2.75) is 278 Å². The van der Waals surface area contributed by atoms with E-state index in [4.69, 9.17) is 86.4 Å². The molecule has 11 fully saturated rings. The first-order valence-electron chi connectivity index (χ1n) is 42.4. The van der Waals surface area contributed by atoms with Gasteiger partial charge in [-0.15, -0.1) is 10.2 Å². The summed E-state index contributed by atoms with van der Waals surface area (Å²) in [6, 6.07) is 4.94. The second kappa shape index (κ2) is 44.1. The van der Waals surface area contributed by atoms with Crippen LogP contribution in [0.4, 0.5) is 15.3 Å². The smallest absolute Gasteiger partial charge is 0.407 e. The number of aliphatic hydroxyl groups is 1. The van der Waals surface area contributed by atoms with Gasteiger partial charge in [-0.3, -0.25) is 28.8 Å². The predicted molar refractivity (Wildman–Crippen MR) is 417 cm³/mol. The Balaban J connectivity index is 0.534. The summed E-state index contributed by atoms with van der Waals surface area (Å²) in [4.78, 5) is 120. The normalized spacial score (nSPS) is 30.5. The van der Waals surface area contributed by atoms with Crippen molar-refractivity contribution in [3.63, 3.8) is 0 Å². The lowest BCUT2D eigenvalue weighted by atomic mass is 9.81. The highest BCUT2D eigenvalue weighted by Crippen LogP contribution is 2.55. The number of alkyl carbamates (subject to hydrolysis) is 1. The zero-order valence-corrected chi connectivity index (χ0v) is 68.8. The third kappa shape index (κ3) is 25.6. The number of urea groups is 1. The molecule has 12 heterocycles. The van der Waals surface area contributed by atoms with Gasteiger partial charge < -0.3 is 113 Å². The van der Waals surface area contributed by atoms with Gasteiger partial charge in [0.15, 0.2) is 11.6 Å². The summed E-state index contributed by atoms with van der Waals surface area (Å²) >= 11 is 0. The zero-order chi connectivity index (χ0) is 84.1. The van der Waals surface area contributed by atoms with Crippen molar-refractivity contribution in [2.75, 3.05) is 98.2 Å². The molecule has 1 aromatic carbocycles. The van der Waals surface area contributed by atoms with E-state index < -0.39 is 108 Å². The molecule has 7 N–H and O–H groups in total. The van der Waals surface area contributed by atoms with Crippen LogP contribution in [-0.4, -0.2) is 281 Å². The Morgan fingerprint density at radius 1 is 0.697 bits per heavy atom. The highest BCUT2D eigenvalue weighted by Gasteiger charge is 2.69. The molecule has 2 aromatic rings. The van der Waals surface area contributed by atoms with Gasteiger partial charge in [0.2, 0.25) is 11.8 Å². The number of amides is 7. The van der Waals surface area contributed by atoms with Gasteiger partial charge >= 0.3 is 18.1 Å². The Kier molecular flexibility index (Phi) is 33.7. The van der Waals surface area contributed by atoms with E-state index in [1.807, 2.05) is 0 Å². The highest BCUT2D eigenvalue weighted by atomic mass is 16.8. The van der Waals surface area contributed by atoms with Crippen LogP contribution < -0.4 is 27.0 Å². The number of nitrogens with zero attached hydrogens (tertiary/aromatic N) is 4. The number of ether oxygens (including phenoxy) is 16. The van der Waals surface area contributed by atoms with E-state index in [1.54, 1.807) is 56.1 Å². The van der Waals surface area contributed by atoms with Crippen molar-refractivity contribution in [3.8, 4) is 0 Å². The van der Waals surface area contributed by atoms with Crippen molar-refractivity contribution in [3.05, 3.63) is 66.0 Å². The largest absolute Gasteiger partial charge is 0.445 e. The van der Waals surface area contributed by atoms with Gasteiger partial charge in [-0.05, 0) is 98.5 Å². The van der Waals surface area contributed by atoms with E-state index in [9.17, 15) is 48.3 Å². The van der Waals surface area contributed by atoms with Gasteiger partial charge in [0.05, 0.1) is 172 Å². The first kappa shape index (κ1) is 90.9. The summed E-state index contributed by atoms with van der Waals surface area (Å²) in [5.74, 6) is -5.39. The van der Waals surface area contributed by atoms with E-state index >= 15 is 0 Å². The van der Waals surface area contributed by atoms with Gasteiger partial charge in [-0.1, -0.05) is 51.3 Å². The third-order valence-electron chi connectivity index (χ3n) is 23.9. The van der Waals surface area contributed by atoms with Crippen molar-refractivity contribution in [1.82, 2.24) is 36.0 Å². The lowest BCUT2D eigenvalue weighted by Crippen LogP contribution is -2.61. The van der Waals surface area contributed by atoms with Crippen LogP contribution in [0.15, 0.2) is 54.8 Å². The molecular weight excluding hydrogens is 1550 g/mol. The summed E-state index contributed by atoms with van der Waals surface area (Å²) in [6.07, 6.45) is 2.27. The number of Topliss-reactive ketones (excluding diaryl/α,β-unsaturated/α-hetero) is 2. The molecule has 0 aliphatic carbocycles. The number of methoxy groups -OCH3 is 1. The fraction of sp³-hybridized carbons (Fsp3) is 0.747. The summed E-state index contributed by atoms with van der Waals surface area (Å²) < 4.78 is 101. The van der Waals surface area contributed by atoms with Crippen LogP contribution in [0.5, 0.6) is 0 Å². The van der Waals surface area contributed by atoms with Gasteiger partial charge in [-0.25, -0.2) is 19.1 Å². The molecule has 0 unspecified atom stereocenters. The fourth-order valence-corrected chi connectivity index (χ4v) is 17.7. The number of rotatable bonds is 42. The minimum Gasteiger partial charge on any atom is -0.445 e. The Labute approximate surface area is 693 Å². The molecule has 660 valence electrons. The number of anilines is 1. The number of carbonyl (C=O) groups is 9. The summed E-state index contributed by atoms with van der Waals surface area (Å²) in [5.41, 5.74) is 8.94. The van der Waals surface area contributed by atoms with E-state index in [0.717, 1.165) is 43.3 Å². The van der Waals surface area contributed by atoms with Crippen molar-refractivity contribution < 1.29 is 129 Å². The molecule has 36 nitrogen and oxygen atoms in total. The first-order valence-corrected chi connectivity index (χ1v) is 42.4. The van der Waals surface area contributed by atoms with Crippen molar-refractivity contribution >= 4 is 59.0 Å². The number of imide groups is 1. The number of nitrogens with two attached hydrogens (primary N) is 1. The second-order valence-electron chi connectivity index (χ2n) is 33.1. The second-order valence-corrected chi connectivity index (χ2v) is 33.1. The molecule has 12 bridgehead atoms. The van der Waals surface area contributed by atoms with Gasteiger partial charge in [0.1, 0.15) is 48.6 Å². The number of nitrogens with one attached hydrogen (secondary N) is 4. The summed E-state index contributed by atoms with van der Waals surface area (Å²) in [6.45, 7) is 17.9. The molecule has 11 aliphatic rings. The monoisotopic (exact) mass is 1680 g/mol. The van der Waals surface area contributed by atoms with Crippen LogP contribution in [0.2, 0.25) is 0 Å². The lowest BCUT2D eigenvalue weighted by Gasteiger charge is -2.47. The topological polar surface area (TPSA) is 439 Å². The Morgan fingerprint density at radius 2 is 1.37 bits per heavy atom. The number of hydroxylamine groups is 2. The van der Waals surface area contributed by atoms with Gasteiger partial charge in [0.25, 0.3) is 11.8 Å². The number of aromatic nitrogens is 3. The number of aliphatic hydroxyl groups excluding tert-OH is 1. The molecule has 21 atom stereocenters. The molecule has 119 heavy (non-hydrogen) atoms. The van der Waals surface area contributed by atoms with Crippen LogP contribution >= 0.6 is 0 Å². The number of hydrogen-bond donors (Lipinski definition) is 6. The van der Waals surface area contributed by atoms with Crippen LogP contribution in [0.25, 0.3) is 0 Å². The van der Waals surface area contributed by atoms with E-state index in [2.05, 4.69) is 51.7 Å². The molecule has 1 spiro atoms. The quantitative estimate of drug-likeness (QED) is 0.0296. The van der Waals surface area contributed by atoms with Crippen LogP contribution in [0, 0.1) is 23.7 Å². The molecule has 11 aliphatic heterocycles. The number of primary amides is 1. The summed E-state index contributed by atoms with van der Waals surface area (Å²) in [5, 5.41) is 31.2. The van der Waals surface area contributed by atoms with Gasteiger partial charge in [-0.2, -0.15) is 0 Å². The minimum absolute atomic E-state index is 0.00814. The third-order valence-corrected chi connectivity index (χ3v) is 23.9. The minimum atomic E-state index is -1.11. The Morgan fingerprint density at radius 3 is 2.10 bits per heavy atom. The molecule has 0 radical (unpaired) electrons. The highest BCUT2D eigenvalue weighted by molar-refractivity contribution is 6.01. The number of hydrogen-bond acceptors (Lipinski definition) is 29. The Hall–Kier alpha value is -7.37. The average Bonchev–Trinajstić information content (AvgIpc) is 1.55. The standard InChI is InChI=1S/C83H121N9O27/c1-48(2)73(88-69(96)20-25-104-28-31-107-33-30-106-27-24-91-45-55(89-90-91)47-109-35-34-108-32-29-105-26-21-72(99)119-92-70(97)17-18-71(92)98)62(95)38-53(8-7-23-85-81(84)101)80(100)87-54-11-9-52(10-12-54)46-110-82(102)86-44-57(94)41-67-74(103-6)61-40-56(93)39-59-14-16-64-75(113-59)79-78-77(115-64)76-68(116-78)43-83(117-76,118-79)22-19-60-37-50(4)63(111-60)15-13-58-36-49(3)51(5)65(112-58)42-66(61)114-67/h9-12,45,48-49,53,57-61,63-68,73-79,94H,4-5,7-8,13-44,46-47H2,1-3,6H3,(H,86,102)(H,87,100)(H,88,96)(H3,84,85,101)/t49-,53-,57+,58+,59-,60+,61+,63+,64+,65-,66+,67-,68-,73+,74-,75+,76+,77+,78-,79+,83+/m1/s1. The molecule has 1 aromatic heterocycles. The summed E-state index contributed by atoms with van der Waals surface area (Å²) in [7, 11) is 1.58. The van der Waals surface area contributed by atoms with E-state index in [-0.39, 0.29) is 202 Å². The van der Waals surface area contributed by atoms with Crippen molar-refractivity contribution in [1.29, 1.82) is 0 Å². The molecule has 7 amide bonds. The number of fused-ring (bicyclic) bond motifs is 6. The molecule has 11 saturated heterocycles. The zero-order valence-electron chi connectivity index (χ0n) is 68.8. The average molecular weight is 1680 g/mol.